The number of imidazole rings is 1. The van der Waals surface area contributed by atoms with Gasteiger partial charge in [-0.25, -0.2) is 15.0 Å². The van der Waals surface area contributed by atoms with Gasteiger partial charge in [-0.3, -0.25) is 9.59 Å². The number of amides is 2. The van der Waals surface area contributed by atoms with Crippen LogP contribution in [-0.2, 0) is 6.18 Å². The summed E-state index contributed by atoms with van der Waals surface area (Å²) in [5.74, 6) is -1.37. The van der Waals surface area contributed by atoms with Gasteiger partial charge in [-0.1, -0.05) is 22.8 Å². The fourth-order valence-electron chi connectivity index (χ4n) is 3.22. The molecule has 4 rings (SSSR count). The smallest absolute Gasteiger partial charge is 0.351 e. The SMILES string of the molecule is Cc1ccc(NC(=O)c2cc([C@@H](C)NC(=O)c3ncnc(-c4ncc[nH]4)c3Cl)no2)cc1C(F)(F)F. The minimum atomic E-state index is -4.57. The number of anilines is 1. The molecule has 2 amide bonds. The van der Waals surface area contributed by atoms with Gasteiger partial charge in [-0.05, 0) is 31.5 Å². The first-order chi connectivity index (χ1) is 17.0. The quantitative estimate of drug-likeness (QED) is 0.339. The van der Waals surface area contributed by atoms with Crippen molar-refractivity contribution in [3.8, 4) is 11.5 Å². The number of aromatic nitrogens is 5. The lowest BCUT2D eigenvalue weighted by Gasteiger charge is -2.12. The molecule has 3 heterocycles. The number of rotatable bonds is 6. The standard InChI is InChI=1S/C22H17ClF3N7O3/c1-10-3-4-12(7-13(10)22(24,25)26)32-20(34)15-8-14(33-36-15)11(2)31-21(35)18-16(23)17(29-9-30-18)19-27-5-6-28-19/h3-9,11H,1-2H3,(H,27,28)(H,31,35)(H,32,34)/t11-/m1/s1. The van der Waals surface area contributed by atoms with E-state index in [0.717, 1.165) is 12.4 Å². The highest BCUT2D eigenvalue weighted by Gasteiger charge is 2.32. The molecule has 1 aromatic carbocycles. The molecule has 4 aromatic rings. The summed E-state index contributed by atoms with van der Waals surface area (Å²) in [6.45, 7) is 2.90. The number of aryl methyl sites for hydroxylation is 1. The maximum absolute atomic E-state index is 13.1. The zero-order valence-electron chi connectivity index (χ0n) is 18.6. The minimum Gasteiger partial charge on any atom is -0.351 e. The molecule has 0 bridgehead atoms. The second-order valence-electron chi connectivity index (χ2n) is 7.62. The average Bonchev–Trinajstić information content (AvgIpc) is 3.52. The lowest BCUT2D eigenvalue weighted by atomic mass is 10.1. The molecule has 0 aliphatic heterocycles. The third kappa shape index (κ3) is 5.20. The van der Waals surface area contributed by atoms with E-state index in [2.05, 4.69) is 35.7 Å². The lowest BCUT2D eigenvalue weighted by molar-refractivity contribution is -0.138. The summed E-state index contributed by atoms with van der Waals surface area (Å²) in [5, 5.41) is 8.72. The molecule has 0 radical (unpaired) electrons. The molecule has 1 atom stereocenters. The van der Waals surface area contributed by atoms with E-state index in [-0.39, 0.29) is 39.1 Å². The van der Waals surface area contributed by atoms with Crippen LogP contribution < -0.4 is 10.6 Å². The monoisotopic (exact) mass is 519 g/mol. The van der Waals surface area contributed by atoms with Gasteiger partial charge in [0.25, 0.3) is 11.8 Å². The Morgan fingerprint density at radius 2 is 1.92 bits per heavy atom. The molecule has 36 heavy (non-hydrogen) atoms. The van der Waals surface area contributed by atoms with Crippen LogP contribution in [0.2, 0.25) is 5.02 Å². The van der Waals surface area contributed by atoms with Crippen molar-refractivity contribution in [2.45, 2.75) is 26.1 Å². The lowest BCUT2D eigenvalue weighted by Crippen LogP contribution is -2.28. The molecular formula is C22H17ClF3N7O3. The number of carbonyl (C=O) groups is 2. The minimum absolute atomic E-state index is 0.0197. The van der Waals surface area contributed by atoms with Crippen molar-refractivity contribution in [1.82, 2.24) is 30.4 Å². The maximum Gasteiger partial charge on any atom is 0.416 e. The van der Waals surface area contributed by atoms with Crippen molar-refractivity contribution in [2.75, 3.05) is 5.32 Å². The first kappa shape index (κ1) is 24.9. The van der Waals surface area contributed by atoms with E-state index in [1.807, 2.05) is 0 Å². The third-order valence-electron chi connectivity index (χ3n) is 5.07. The first-order valence-corrected chi connectivity index (χ1v) is 10.7. The molecule has 0 aliphatic rings. The molecule has 14 heteroatoms. The first-order valence-electron chi connectivity index (χ1n) is 10.3. The number of benzene rings is 1. The number of carbonyl (C=O) groups excluding carboxylic acids is 2. The predicted molar refractivity (Wildman–Crippen MR) is 121 cm³/mol. The molecule has 3 aromatic heterocycles. The highest BCUT2D eigenvalue weighted by atomic mass is 35.5. The highest BCUT2D eigenvalue weighted by molar-refractivity contribution is 6.35. The highest BCUT2D eigenvalue weighted by Crippen LogP contribution is 2.33. The number of aromatic amines is 1. The summed E-state index contributed by atoms with van der Waals surface area (Å²) in [6.07, 6.45) is -0.329. The summed E-state index contributed by atoms with van der Waals surface area (Å²) in [4.78, 5) is 40.1. The average molecular weight is 520 g/mol. The Kier molecular flexibility index (Phi) is 6.75. The number of nitrogens with zero attached hydrogens (tertiary/aromatic N) is 4. The van der Waals surface area contributed by atoms with Gasteiger partial charge >= 0.3 is 6.18 Å². The fraction of sp³-hybridized carbons (Fsp3) is 0.182. The second kappa shape index (κ2) is 9.77. The van der Waals surface area contributed by atoms with Crippen LogP contribution in [0, 0.1) is 6.92 Å². The Labute approximate surface area is 206 Å². The maximum atomic E-state index is 13.1. The van der Waals surface area contributed by atoms with E-state index in [9.17, 15) is 22.8 Å². The van der Waals surface area contributed by atoms with Gasteiger partial charge < -0.3 is 20.1 Å². The van der Waals surface area contributed by atoms with Crippen molar-refractivity contribution in [3.63, 3.8) is 0 Å². The van der Waals surface area contributed by atoms with Gasteiger partial charge in [-0.2, -0.15) is 13.2 Å². The van der Waals surface area contributed by atoms with E-state index in [0.29, 0.717) is 5.82 Å². The largest absolute Gasteiger partial charge is 0.416 e. The van der Waals surface area contributed by atoms with Crippen molar-refractivity contribution in [3.05, 3.63) is 76.3 Å². The van der Waals surface area contributed by atoms with E-state index in [1.54, 1.807) is 13.1 Å². The van der Waals surface area contributed by atoms with Gasteiger partial charge in [-0.15, -0.1) is 0 Å². The van der Waals surface area contributed by atoms with Crippen molar-refractivity contribution >= 4 is 29.1 Å². The van der Waals surface area contributed by atoms with Gasteiger partial charge in [0.05, 0.1) is 11.6 Å². The fourth-order valence-corrected chi connectivity index (χ4v) is 3.50. The predicted octanol–water partition coefficient (Wildman–Crippen LogP) is 4.58. The molecule has 0 unspecified atom stereocenters. The zero-order chi connectivity index (χ0) is 26.0. The van der Waals surface area contributed by atoms with Crippen LogP contribution in [0.4, 0.5) is 18.9 Å². The number of halogens is 4. The van der Waals surface area contributed by atoms with Crippen LogP contribution in [0.3, 0.4) is 0 Å². The molecule has 0 spiro atoms. The van der Waals surface area contributed by atoms with Crippen LogP contribution in [0.5, 0.6) is 0 Å². The second-order valence-corrected chi connectivity index (χ2v) is 7.99. The summed E-state index contributed by atoms with van der Waals surface area (Å²) >= 11 is 6.29. The van der Waals surface area contributed by atoms with Gasteiger partial charge in [0.15, 0.2) is 11.5 Å². The normalized spacial score (nSPS) is 12.3. The number of hydrogen-bond donors (Lipinski definition) is 3. The van der Waals surface area contributed by atoms with Crippen LogP contribution >= 0.6 is 11.6 Å². The zero-order valence-corrected chi connectivity index (χ0v) is 19.4. The Morgan fingerprint density at radius 3 is 2.61 bits per heavy atom. The third-order valence-corrected chi connectivity index (χ3v) is 5.43. The summed E-state index contributed by atoms with van der Waals surface area (Å²) in [6, 6.07) is 3.94. The van der Waals surface area contributed by atoms with Gasteiger partial charge in [0.2, 0.25) is 5.76 Å². The molecule has 0 saturated carbocycles. The Balaban J connectivity index is 1.45. The summed E-state index contributed by atoms with van der Waals surface area (Å²) in [5.41, 5.74) is -0.598. The Hall–Kier alpha value is -4.26. The van der Waals surface area contributed by atoms with Gasteiger partial charge in [0.1, 0.15) is 22.7 Å². The number of H-pyrrole nitrogens is 1. The number of nitrogens with one attached hydrogen (secondary N) is 3. The number of hydrogen-bond acceptors (Lipinski definition) is 7. The van der Waals surface area contributed by atoms with Gasteiger partial charge in [0, 0.05) is 24.1 Å². The van der Waals surface area contributed by atoms with E-state index in [1.165, 1.54) is 31.3 Å². The van der Waals surface area contributed by atoms with Crippen LogP contribution in [0.25, 0.3) is 11.5 Å². The molecule has 0 saturated heterocycles. The van der Waals surface area contributed by atoms with Crippen molar-refractivity contribution in [1.29, 1.82) is 0 Å². The topological polar surface area (TPSA) is 139 Å². The van der Waals surface area contributed by atoms with E-state index >= 15 is 0 Å². The summed E-state index contributed by atoms with van der Waals surface area (Å²) < 4.78 is 44.4. The molecule has 3 N–H and O–H groups in total. The van der Waals surface area contributed by atoms with Crippen LogP contribution in [0.15, 0.2) is 47.5 Å². The van der Waals surface area contributed by atoms with Crippen molar-refractivity contribution < 1.29 is 27.3 Å². The Bertz CT molecular complexity index is 1420. The Morgan fingerprint density at radius 1 is 1.14 bits per heavy atom. The molecule has 10 nitrogen and oxygen atoms in total. The van der Waals surface area contributed by atoms with E-state index < -0.39 is 29.6 Å². The molecular weight excluding hydrogens is 503 g/mol. The number of alkyl halides is 3. The van der Waals surface area contributed by atoms with Crippen LogP contribution in [0.1, 0.15) is 50.8 Å². The molecule has 0 fully saturated rings. The summed E-state index contributed by atoms with van der Waals surface area (Å²) in [7, 11) is 0. The van der Waals surface area contributed by atoms with Crippen LogP contribution in [-0.4, -0.2) is 36.9 Å². The molecule has 0 aliphatic carbocycles. The van der Waals surface area contributed by atoms with Crippen molar-refractivity contribution in [2.24, 2.45) is 0 Å². The molecule has 186 valence electrons. The van der Waals surface area contributed by atoms with E-state index in [4.69, 9.17) is 16.1 Å².